The van der Waals surface area contributed by atoms with Gasteiger partial charge in [-0.25, -0.2) is 18.2 Å². The van der Waals surface area contributed by atoms with Gasteiger partial charge in [0.15, 0.2) is 34.7 Å². The van der Waals surface area contributed by atoms with Gasteiger partial charge in [-0.2, -0.15) is 13.2 Å². The number of anilines is 2. The van der Waals surface area contributed by atoms with Crippen LogP contribution >= 0.6 is 0 Å². The van der Waals surface area contributed by atoms with E-state index in [1.165, 1.54) is 23.4 Å². The molecular formula is C23H18F6N6O2. The second-order valence-electron chi connectivity index (χ2n) is 8.45. The van der Waals surface area contributed by atoms with E-state index >= 15 is 0 Å². The number of fused-ring (bicyclic) bond motifs is 1. The van der Waals surface area contributed by atoms with Crippen LogP contribution in [0.5, 0.6) is 0 Å². The molecule has 2 N–H and O–H groups in total. The van der Waals surface area contributed by atoms with Crippen molar-refractivity contribution in [2.75, 3.05) is 42.9 Å². The molecular weight excluding hydrogens is 506 g/mol. The van der Waals surface area contributed by atoms with E-state index in [1.807, 2.05) is 0 Å². The first kappa shape index (κ1) is 24.6. The van der Waals surface area contributed by atoms with Crippen LogP contribution in [0.1, 0.15) is 10.5 Å². The van der Waals surface area contributed by atoms with Gasteiger partial charge in [-0.1, -0.05) is 5.16 Å². The Kier molecular flexibility index (Phi) is 6.27. The van der Waals surface area contributed by atoms with E-state index in [2.05, 4.69) is 20.4 Å². The quantitative estimate of drug-likeness (QED) is 0.372. The summed E-state index contributed by atoms with van der Waals surface area (Å²) in [5, 5.41) is 6.44. The van der Waals surface area contributed by atoms with Crippen LogP contribution in [-0.2, 0) is 0 Å². The molecule has 1 fully saturated rings. The van der Waals surface area contributed by atoms with Crippen LogP contribution in [-0.4, -0.2) is 64.8 Å². The van der Waals surface area contributed by atoms with E-state index in [1.54, 1.807) is 4.90 Å². The number of carbonyl (C=O) groups is 1. The van der Waals surface area contributed by atoms with Crippen LogP contribution in [0.2, 0.25) is 0 Å². The maximum atomic E-state index is 14.8. The van der Waals surface area contributed by atoms with E-state index in [0.717, 1.165) is 18.2 Å². The number of nitrogens with zero attached hydrogens (tertiary/aromatic N) is 4. The summed E-state index contributed by atoms with van der Waals surface area (Å²) in [7, 11) is 0. The Morgan fingerprint density at radius 2 is 1.76 bits per heavy atom. The van der Waals surface area contributed by atoms with Crippen molar-refractivity contribution < 1.29 is 35.7 Å². The third-order valence-electron chi connectivity index (χ3n) is 5.89. The van der Waals surface area contributed by atoms with Crippen molar-refractivity contribution in [3.8, 4) is 11.3 Å². The number of halogens is 6. The first-order valence-electron chi connectivity index (χ1n) is 11.0. The molecule has 1 saturated heterocycles. The van der Waals surface area contributed by atoms with Crippen molar-refractivity contribution in [1.29, 1.82) is 0 Å². The first-order chi connectivity index (χ1) is 17.6. The molecule has 0 atom stereocenters. The summed E-state index contributed by atoms with van der Waals surface area (Å²) in [4.78, 5) is 22.2. The van der Waals surface area contributed by atoms with Gasteiger partial charge in [0.2, 0.25) is 0 Å². The molecule has 5 rings (SSSR count). The van der Waals surface area contributed by atoms with Gasteiger partial charge >= 0.3 is 6.18 Å². The highest BCUT2D eigenvalue weighted by Crippen LogP contribution is 2.28. The number of rotatable bonds is 5. The molecule has 0 aliphatic carbocycles. The topological polar surface area (TPSA) is 90.3 Å². The van der Waals surface area contributed by atoms with E-state index in [4.69, 9.17) is 4.52 Å². The van der Waals surface area contributed by atoms with Crippen molar-refractivity contribution in [3.63, 3.8) is 0 Å². The Morgan fingerprint density at radius 3 is 2.46 bits per heavy atom. The van der Waals surface area contributed by atoms with Crippen LogP contribution in [0, 0.1) is 17.5 Å². The van der Waals surface area contributed by atoms with Crippen molar-refractivity contribution in [2.45, 2.75) is 6.18 Å². The number of pyridine rings is 1. The van der Waals surface area contributed by atoms with Crippen molar-refractivity contribution >= 4 is 28.3 Å². The zero-order valence-electron chi connectivity index (χ0n) is 18.9. The van der Waals surface area contributed by atoms with Crippen LogP contribution in [0.25, 0.3) is 22.2 Å². The molecule has 14 heteroatoms. The predicted octanol–water partition coefficient (Wildman–Crippen LogP) is 4.57. The van der Waals surface area contributed by atoms with Crippen molar-refractivity contribution in [2.24, 2.45) is 0 Å². The van der Waals surface area contributed by atoms with E-state index in [0.29, 0.717) is 0 Å². The van der Waals surface area contributed by atoms with Crippen LogP contribution in [0.15, 0.2) is 41.2 Å². The maximum absolute atomic E-state index is 14.8. The Labute approximate surface area is 204 Å². The minimum Gasteiger partial charge on any atom is -0.359 e. The summed E-state index contributed by atoms with van der Waals surface area (Å²) in [6, 6.07) is 4.29. The molecule has 8 nitrogen and oxygen atoms in total. The smallest absolute Gasteiger partial charge is 0.359 e. The lowest BCUT2D eigenvalue weighted by Crippen LogP contribution is -2.49. The van der Waals surface area contributed by atoms with Gasteiger partial charge in [0.1, 0.15) is 0 Å². The number of benzene rings is 1. The van der Waals surface area contributed by atoms with Gasteiger partial charge < -0.3 is 19.7 Å². The number of aromatic nitrogens is 3. The molecule has 0 radical (unpaired) electrons. The second-order valence-corrected chi connectivity index (χ2v) is 8.45. The third kappa shape index (κ3) is 5.23. The lowest BCUT2D eigenvalue weighted by atomic mass is 10.2. The molecule has 3 aromatic heterocycles. The fourth-order valence-electron chi connectivity index (χ4n) is 4.09. The Balaban J connectivity index is 1.26. The van der Waals surface area contributed by atoms with Crippen molar-refractivity contribution in [3.05, 3.63) is 59.8 Å². The number of piperazine rings is 1. The molecule has 4 aromatic rings. The highest BCUT2D eigenvalue weighted by molar-refractivity contribution is 6.08. The number of hydrogen-bond acceptors (Lipinski definition) is 6. The number of amides is 1. The number of H-pyrrole nitrogens is 1. The first-order valence-corrected chi connectivity index (χ1v) is 11.0. The lowest BCUT2D eigenvalue weighted by Gasteiger charge is -2.35. The van der Waals surface area contributed by atoms with Gasteiger partial charge in [0, 0.05) is 61.7 Å². The SMILES string of the molecule is O=C(Nc1c[nH]c2cc(F)c(F)cc12)c1cc(-c2cnc(N3CCN(CC(F)(F)F)CC3)c(F)c2)on1. The molecule has 194 valence electrons. The summed E-state index contributed by atoms with van der Waals surface area (Å²) in [5.74, 6) is -3.49. The molecule has 0 unspecified atom stereocenters. The normalized spacial score (nSPS) is 14.9. The monoisotopic (exact) mass is 524 g/mol. The number of nitrogens with one attached hydrogen (secondary N) is 2. The average Bonchev–Trinajstić information content (AvgIpc) is 3.47. The third-order valence-corrected chi connectivity index (χ3v) is 5.89. The Morgan fingerprint density at radius 1 is 1.03 bits per heavy atom. The molecule has 0 saturated carbocycles. The number of alkyl halides is 3. The van der Waals surface area contributed by atoms with Gasteiger partial charge in [0.05, 0.1) is 17.7 Å². The summed E-state index contributed by atoms with van der Waals surface area (Å²) in [6.07, 6.45) is -1.63. The zero-order chi connectivity index (χ0) is 26.3. The number of carbonyl (C=O) groups excluding carboxylic acids is 1. The fraction of sp³-hybridized carbons (Fsp3) is 0.261. The van der Waals surface area contributed by atoms with E-state index in [-0.39, 0.29) is 65.6 Å². The largest absolute Gasteiger partial charge is 0.401 e. The summed E-state index contributed by atoms with van der Waals surface area (Å²) < 4.78 is 84.7. The molecule has 4 heterocycles. The second kappa shape index (κ2) is 9.42. The minimum atomic E-state index is -4.30. The Bertz CT molecular complexity index is 1460. The predicted molar refractivity (Wildman–Crippen MR) is 121 cm³/mol. The van der Waals surface area contributed by atoms with Gasteiger partial charge in [-0.05, 0) is 12.1 Å². The van der Waals surface area contributed by atoms with E-state index in [9.17, 15) is 31.1 Å². The van der Waals surface area contributed by atoms with Gasteiger partial charge in [-0.15, -0.1) is 0 Å². The minimum absolute atomic E-state index is 0.00380. The van der Waals surface area contributed by atoms with Crippen molar-refractivity contribution in [1.82, 2.24) is 20.0 Å². The van der Waals surface area contributed by atoms with Gasteiger partial charge in [0.25, 0.3) is 5.91 Å². The summed E-state index contributed by atoms with van der Waals surface area (Å²) in [6.45, 7) is -0.443. The highest BCUT2D eigenvalue weighted by atomic mass is 19.4. The molecule has 0 bridgehead atoms. The number of hydrogen-bond donors (Lipinski definition) is 2. The van der Waals surface area contributed by atoms with Crippen LogP contribution in [0.4, 0.5) is 37.8 Å². The fourth-order valence-corrected chi connectivity index (χ4v) is 4.09. The lowest BCUT2D eigenvalue weighted by molar-refractivity contribution is -0.146. The summed E-state index contributed by atoms with van der Waals surface area (Å²) in [5.41, 5.74) is 0.500. The molecule has 1 aromatic carbocycles. The Hall–Kier alpha value is -4.07. The zero-order valence-corrected chi connectivity index (χ0v) is 18.9. The molecule has 37 heavy (non-hydrogen) atoms. The molecule has 1 amide bonds. The highest BCUT2D eigenvalue weighted by Gasteiger charge is 2.32. The molecule has 0 spiro atoms. The van der Waals surface area contributed by atoms with Gasteiger partial charge in [-0.3, -0.25) is 9.69 Å². The van der Waals surface area contributed by atoms with Crippen LogP contribution < -0.4 is 10.2 Å². The summed E-state index contributed by atoms with van der Waals surface area (Å²) >= 11 is 0. The average molecular weight is 524 g/mol. The number of aromatic amines is 1. The maximum Gasteiger partial charge on any atom is 0.401 e. The molecule has 1 aliphatic rings. The molecule has 1 aliphatic heterocycles. The standard InChI is InChI=1S/C23H18F6N6O2/c24-14-6-13-17(7-15(14)25)30-10-19(13)32-22(36)18-8-20(37-33-18)12-5-16(26)21(31-9-12)35-3-1-34(2-4-35)11-23(27,28)29/h5-10,30H,1-4,11H2,(H,32,36). The van der Waals surface area contributed by atoms with E-state index < -0.39 is 36.1 Å². The van der Waals surface area contributed by atoms with Crippen LogP contribution in [0.3, 0.4) is 0 Å².